The molecular weight excluding hydrogens is 424 g/mol. The molecule has 1 aliphatic rings. The molecule has 0 aliphatic carbocycles. The molecule has 1 aliphatic heterocycles. The van der Waals surface area contributed by atoms with Crippen LogP contribution in [0, 0.1) is 0 Å². The first-order valence-electron chi connectivity index (χ1n) is 10.2. The van der Waals surface area contributed by atoms with Gasteiger partial charge in [-0.15, -0.1) is 11.3 Å². The lowest BCUT2D eigenvalue weighted by atomic mass is 10.2. The average Bonchev–Trinajstić information content (AvgIpc) is 3.55. The number of nitrogens with zero attached hydrogens (tertiary/aromatic N) is 3. The first kappa shape index (κ1) is 20.0. The van der Waals surface area contributed by atoms with E-state index in [4.69, 9.17) is 9.84 Å². The number of thiophene rings is 1. The monoisotopic (exact) mass is 444 g/mol. The van der Waals surface area contributed by atoms with Crippen molar-refractivity contribution in [2.45, 2.75) is 6.54 Å². The van der Waals surface area contributed by atoms with Crippen LogP contribution >= 0.6 is 11.3 Å². The summed E-state index contributed by atoms with van der Waals surface area (Å²) in [6, 6.07) is 21.1. The lowest BCUT2D eigenvalue weighted by molar-refractivity contribution is 0.102. The van der Waals surface area contributed by atoms with Crippen LogP contribution in [0.15, 0.2) is 78.3 Å². The molecule has 3 heterocycles. The smallest absolute Gasteiger partial charge is 0.414 e. The number of carbonyl (C=O) groups is 2. The van der Waals surface area contributed by atoms with Crippen LogP contribution in [0.25, 0.3) is 10.6 Å². The van der Waals surface area contributed by atoms with Crippen LogP contribution in [0.4, 0.5) is 16.2 Å². The Bertz CT molecular complexity index is 1250. The Labute approximate surface area is 188 Å². The molecule has 160 valence electrons. The van der Waals surface area contributed by atoms with Gasteiger partial charge in [0.2, 0.25) is 0 Å². The summed E-state index contributed by atoms with van der Waals surface area (Å²) in [4.78, 5) is 27.6. The Hall–Kier alpha value is -3.91. The zero-order chi connectivity index (χ0) is 21.9. The van der Waals surface area contributed by atoms with Crippen LogP contribution in [-0.4, -0.2) is 34.9 Å². The lowest BCUT2D eigenvalue weighted by Gasteiger charge is -2.14. The van der Waals surface area contributed by atoms with Crippen molar-refractivity contribution in [3.8, 4) is 10.6 Å². The van der Waals surface area contributed by atoms with Gasteiger partial charge in [0.1, 0.15) is 12.3 Å². The molecule has 0 saturated carbocycles. The number of hydrogen-bond donors (Lipinski definition) is 1. The molecule has 1 N–H and O–H groups in total. The van der Waals surface area contributed by atoms with E-state index in [1.807, 2.05) is 53.9 Å². The molecule has 2 aromatic heterocycles. The van der Waals surface area contributed by atoms with Crippen LogP contribution in [0.3, 0.4) is 0 Å². The zero-order valence-electron chi connectivity index (χ0n) is 17.1. The highest BCUT2D eigenvalue weighted by Crippen LogP contribution is 2.28. The van der Waals surface area contributed by atoms with Gasteiger partial charge in [0, 0.05) is 17.6 Å². The zero-order valence-corrected chi connectivity index (χ0v) is 17.9. The highest BCUT2D eigenvalue weighted by Gasteiger charge is 2.24. The van der Waals surface area contributed by atoms with E-state index in [9.17, 15) is 9.59 Å². The molecule has 0 bridgehead atoms. The quantitative estimate of drug-likeness (QED) is 0.460. The second-order valence-electron chi connectivity index (χ2n) is 7.32. The summed E-state index contributed by atoms with van der Waals surface area (Å²) in [6.07, 6.45) is 1.40. The van der Waals surface area contributed by atoms with E-state index in [1.165, 1.54) is 11.3 Å². The van der Waals surface area contributed by atoms with Crippen LogP contribution < -0.4 is 10.2 Å². The Morgan fingerprint density at radius 1 is 1.09 bits per heavy atom. The number of ether oxygens (including phenoxy) is 1. The third kappa shape index (κ3) is 4.13. The fourth-order valence-electron chi connectivity index (χ4n) is 3.61. The number of anilines is 2. The van der Waals surface area contributed by atoms with E-state index in [-0.39, 0.29) is 12.0 Å². The van der Waals surface area contributed by atoms with Gasteiger partial charge in [-0.05, 0) is 35.2 Å². The molecule has 4 aromatic rings. The molecule has 1 fully saturated rings. The van der Waals surface area contributed by atoms with Gasteiger partial charge in [-0.25, -0.2) is 4.79 Å². The van der Waals surface area contributed by atoms with Gasteiger partial charge in [0.15, 0.2) is 0 Å². The Kier molecular flexibility index (Phi) is 5.43. The van der Waals surface area contributed by atoms with Crippen LogP contribution in [-0.2, 0) is 11.3 Å². The van der Waals surface area contributed by atoms with Crippen LogP contribution in [0.2, 0.25) is 0 Å². The van der Waals surface area contributed by atoms with Gasteiger partial charge in [0.25, 0.3) is 5.91 Å². The number of nitrogens with one attached hydrogen (secondary N) is 1. The molecule has 5 rings (SSSR count). The standard InChI is InChI=1S/C24H20N4O3S/c29-23(25-18-8-4-9-19(14-18)28-11-12-31-24(28)30)20-16-27(15-17-6-2-1-3-7-17)26-22(20)21-10-5-13-32-21/h1-10,13-14,16H,11-12,15H2,(H,25,29). The van der Waals surface area contributed by atoms with Gasteiger partial charge in [0.05, 0.1) is 23.5 Å². The molecule has 8 heteroatoms. The van der Waals surface area contributed by atoms with Gasteiger partial charge >= 0.3 is 6.09 Å². The first-order valence-corrected chi connectivity index (χ1v) is 11.1. The van der Waals surface area contributed by atoms with E-state index in [0.29, 0.717) is 42.3 Å². The minimum absolute atomic E-state index is 0.256. The molecule has 0 radical (unpaired) electrons. The second kappa shape index (κ2) is 8.68. The average molecular weight is 445 g/mol. The van der Waals surface area contributed by atoms with Crippen LogP contribution in [0.5, 0.6) is 0 Å². The van der Waals surface area contributed by atoms with Gasteiger partial charge in [-0.1, -0.05) is 42.5 Å². The largest absolute Gasteiger partial charge is 0.447 e. The molecule has 2 amide bonds. The summed E-state index contributed by atoms with van der Waals surface area (Å²) >= 11 is 1.54. The van der Waals surface area contributed by atoms with Crippen molar-refractivity contribution in [3.63, 3.8) is 0 Å². The van der Waals surface area contributed by atoms with Crippen molar-refractivity contribution in [2.24, 2.45) is 0 Å². The van der Waals surface area contributed by atoms with Gasteiger partial charge < -0.3 is 10.1 Å². The van der Waals surface area contributed by atoms with E-state index >= 15 is 0 Å². The number of carbonyl (C=O) groups excluding carboxylic acids is 2. The number of cyclic esters (lactones) is 1. The van der Waals surface area contributed by atoms with Crippen molar-refractivity contribution in [2.75, 3.05) is 23.4 Å². The predicted octanol–water partition coefficient (Wildman–Crippen LogP) is 4.87. The van der Waals surface area contributed by atoms with Crippen molar-refractivity contribution in [1.82, 2.24) is 9.78 Å². The number of hydrogen-bond acceptors (Lipinski definition) is 5. The first-order chi connectivity index (χ1) is 15.7. The number of rotatable bonds is 6. The minimum Gasteiger partial charge on any atom is -0.447 e. The third-order valence-corrected chi connectivity index (χ3v) is 6.00. The Morgan fingerprint density at radius 3 is 2.72 bits per heavy atom. The highest BCUT2D eigenvalue weighted by molar-refractivity contribution is 7.13. The summed E-state index contributed by atoms with van der Waals surface area (Å²) < 4.78 is 6.80. The summed E-state index contributed by atoms with van der Waals surface area (Å²) in [5.41, 5.74) is 3.52. The lowest BCUT2D eigenvalue weighted by Crippen LogP contribution is -2.23. The summed E-state index contributed by atoms with van der Waals surface area (Å²) in [5.74, 6) is -0.256. The molecule has 0 spiro atoms. The van der Waals surface area contributed by atoms with Gasteiger partial charge in [-0.2, -0.15) is 5.10 Å². The third-order valence-electron chi connectivity index (χ3n) is 5.12. The summed E-state index contributed by atoms with van der Waals surface area (Å²) in [7, 11) is 0. The number of aromatic nitrogens is 2. The predicted molar refractivity (Wildman–Crippen MR) is 124 cm³/mol. The topological polar surface area (TPSA) is 76.5 Å². The maximum absolute atomic E-state index is 13.2. The van der Waals surface area contributed by atoms with Crippen molar-refractivity contribution >= 4 is 34.7 Å². The number of amides is 2. The second-order valence-corrected chi connectivity index (χ2v) is 8.27. The summed E-state index contributed by atoms with van der Waals surface area (Å²) in [5, 5.41) is 9.61. The maximum Gasteiger partial charge on any atom is 0.414 e. The molecule has 7 nitrogen and oxygen atoms in total. The molecule has 0 unspecified atom stereocenters. The Morgan fingerprint density at radius 2 is 1.97 bits per heavy atom. The van der Waals surface area contributed by atoms with Crippen LogP contribution in [0.1, 0.15) is 15.9 Å². The van der Waals surface area contributed by atoms with E-state index in [1.54, 1.807) is 34.0 Å². The molecule has 0 atom stereocenters. The van der Waals surface area contributed by atoms with Crippen molar-refractivity contribution in [1.29, 1.82) is 0 Å². The van der Waals surface area contributed by atoms with E-state index in [2.05, 4.69) is 5.32 Å². The van der Waals surface area contributed by atoms with Gasteiger partial charge in [-0.3, -0.25) is 14.4 Å². The van der Waals surface area contributed by atoms with Crippen molar-refractivity contribution in [3.05, 3.63) is 89.4 Å². The van der Waals surface area contributed by atoms with E-state index < -0.39 is 0 Å². The maximum atomic E-state index is 13.2. The normalized spacial score (nSPS) is 13.2. The fourth-order valence-corrected chi connectivity index (χ4v) is 4.34. The minimum atomic E-state index is -0.379. The van der Waals surface area contributed by atoms with Crippen molar-refractivity contribution < 1.29 is 14.3 Å². The fraction of sp³-hybridized carbons (Fsp3) is 0.125. The Balaban J connectivity index is 1.42. The summed E-state index contributed by atoms with van der Waals surface area (Å²) in [6.45, 7) is 1.42. The number of benzene rings is 2. The van der Waals surface area contributed by atoms with E-state index in [0.717, 1.165) is 10.4 Å². The highest BCUT2D eigenvalue weighted by atomic mass is 32.1. The SMILES string of the molecule is O=C(Nc1cccc(N2CCOC2=O)c1)c1cn(Cc2ccccc2)nc1-c1cccs1. The molecular formula is C24H20N4O3S. The molecule has 2 aromatic carbocycles. The molecule has 1 saturated heterocycles. The molecule has 32 heavy (non-hydrogen) atoms.